The summed E-state index contributed by atoms with van der Waals surface area (Å²) < 4.78 is 5.53. The van der Waals surface area contributed by atoms with E-state index < -0.39 is 6.04 Å². The van der Waals surface area contributed by atoms with Crippen LogP contribution < -0.4 is 10.2 Å². The number of morpholine rings is 1. The van der Waals surface area contributed by atoms with E-state index in [-0.39, 0.29) is 17.1 Å². The number of carbonyl (C=O) groups excluding carboxylic acids is 2. The van der Waals surface area contributed by atoms with Crippen LogP contribution in [0.2, 0.25) is 10.0 Å². The number of para-hydroxylation sites is 1. The highest BCUT2D eigenvalue weighted by Gasteiger charge is 2.43. The van der Waals surface area contributed by atoms with Gasteiger partial charge < -0.3 is 10.1 Å². The van der Waals surface area contributed by atoms with E-state index in [1.165, 1.54) is 0 Å². The van der Waals surface area contributed by atoms with Crippen LogP contribution in [0.25, 0.3) is 0 Å². The number of anilines is 2. The Morgan fingerprint density at radius 3 is 2.58 bits per heavy atom. The second-order valence-electron chi connectivity index (χ2n) is 10.6. The molecule has 1 atom stereocenters. The molecule has 1 fully saturated rings. The SMILES string of the molecule is CC(=O)N1c2c(CN3CCOCC3)cccc2NC2=C(C(=O)CC(C)(C)C2)C1c1ccc(Cl)cc1Cl. The average molecular weight is 528 g/mol. The van der Waals surface area contributed by atoms with Crippen LogP contribution in [0.15, 0.2) is 47.7 Å². The van der Waals surface area contributed by atoms with Crippen LogP contribution >= 0.6 is 23.2 Å². The Balaban J connectivity index is 1.74. The molecule has 5 rings (SSSR count). The van der Waals surface area contributed by atoms with E-state index in [2.05, 4.69) is 30.1 Å². The number of Topliss-reactive ketones (excluding diaryl/α,β-unsaturated/α-hetero) is 1. The van der Waals surface area contributed by atoms with Gasteiger partial charge in [0.1, 0.15) is 0 Å². The van der Waals surface area contributed by atoms with Crippen molar-refractivity contribution in [2.24, 2.45) is 5.41 Å². The summed E-state index contributed by atoms with van der Waals surface area (Å²) >= 11 is 13.0. The van der Waals surface area contributed by atoms with Crippen molar-refractivity contribution >= 4 is 46.3 Å². The molecule has 1 N–H and O–H groups in total. The summed E-state index contributed by atoms with van der Waals surface area (Å²) in [5.74, 6) is -0.131. The van der Waals surface area contributed by atoms with Gasteiger partial charge in [0.05, 0.1) is 30.6 Å². The predicted molar refractivity (Wildman–Crippen MR) is 144 cm³/mol. The van der Waals surface area contributed by atoms with Gasteiger partial charge in [0, 0.05) is 54.3 Å². The first kappa shape index (κ1) is 25.3. The molecule has 2 aliphatic heterocycles. The van der Waals surface area contributed by atoms with Crippen molar-refractivity contribution in [1.82, 2.24) is 4.90 Å². The van der Waals surface area contributed by atoms with E-state index in [1.54, 1.807) is 24.0 Å². The molecular weight excluding hydrogens is 497 g/mol. The lowest BCUT2D eigenvalue weighted by molar-refractivity contribution is -0.118. The number of carbonyl (C=O) groups is 2. The number of nitrogens with one attached hydrogen (secondary N) is 1. The molecule has 1 aliphatic carbocycles. The van der Waals surface area contributed by atoms with Crippen molar-refractivity contribution in [2.75, 3.05) is 36.5 Å². The molecule has 0 aromatic heterocycles. The largest absolute Gasteiger partial charge is 0.379 e. The van der Waals surface area contributed by atoms with Crippen LogP contribution in [0, 0.1) is 5.41 Å². The van der Waals surface area contributed by atoms with Crippen molar-refractivity contribution in [3.63, 3.8) is 0 Å². The Labute approximate surface area is 222 Å². The molecule has 2 heterocycles. The Hall–Kier alpha value is -2.38. The highest BCUT2D eigenvalue weighted by atomic mass is 35.5. The van der Waals surface area contributed by atoms with Gasteiger partial charge in [0.2, 0.25) is 5.91 Å². The second-order valence-corrected chi connectivity index (χ2v) is 11.5. The molecular formula is C28H31Cl2N3O3. The van der Waals surface area contributed by atoms with Crippen molar-refractivity contribution in [3.05, 3.63) is 68.8 Å². The minimum absolute atomic E-state index is 0.0264. The molecule has 8 heteroatoms. The molecule has 6 nitrogen and oxygen atoms in total. The number of fused-ring (bicyclic) bond motifs is 1. The quantitative estimate of drug-likeness (QED) is 0.531. The maximum atomic E-state index is 13.8. The van der Waals surface area contributed by atoms with Gasteiger partial charge in [-0.05, 0) is 41.2 Å². The van der Waals surface area contributed by atoms with Crippen molar-refractivity contribution in [3.8, 4) is 0 Å². The fourth-order valence-corrected chi connectivity index (χ4v) is 6.16. The first-order valence-corrected chi connectivity index (χ1v) is 13.1. The Morgan fingerprint density at radius 1 is 1.14 bits per heavy atom. The average Bonchev–Trinajstić information content (AvgIpc) is 2.94. The highest BCUT2D eigenvalue weighted by Crippen LogP contribution is 2.50. The molecule has 0 spiro atoms. The van der Waals surface area contributed by atoms with Crippen LogP contribution in [0.4, 0.5) is 11.4 Å². The molecule has 1 unspecified atom stereocenters. The highest BCUT2D eigenvalue weighted by molar-refractivity contribution is 6.35. The number of ketones is 1. The summed E-state index contributed by atoms with van der Waals surface area (Å²) in [4.78, 5) is 31.3. The van der Waals surface area contributed by atoms with Crippen LogP contribution in [-0.2, 0) is 20.9 Å². The van der Waals surface area contributed by atoms with Gasteiger partial charge in [-0.3, -0.25) is 19.4 Å². The van der Waals surface area contributed by atoms with Crippen LogP contribution in [-0.4, -0.2) is 42.9 Å². The number of hydrogen-bond donors (Lipinski definition) is 1. The standard InChI is InChI=1S/C28H31Cl2N3O3/c1-17(34)33-26-18(16-32-9-11-36-12-10-32)5-4-6-22(26)31-23-14-28(2,3)15-24(35)25(23)27(33)20-8-7-19(29)13-21(20)30/h4-8,13,27,31H,9-12,14-16H2,1-3H3. The molecule has 2 aromatic rings. The number of ether oxygens (including phenoxy) is 1. The zero-order chi connectivity index (χ0) is 25.6. The summed E-state index contributed by atoms with van der Waals surface area (Å²) in [6, 6.07) is 10.7. The Morgan fingerprint density at radius 2 is 1.89 bits per heavy atom. The normalized spacial score (nSPS) is 22.0. The predicted octanol–water partition coefficient (Wildman–Crippen LogP) is 5.99. The summed E-state index contributed by atoms with van der Waals surface area (Å²) in [5, 5.41) is 4.52. The zero-order valence-electron chi connectivity index (χ0n) is 20.9. The number of allylic oxidation sites excluding steroid dienone is 1. The molecule has 1 amide bonds. The molecule has 2 aromatic carbocycles. The smallest absolute Gasteiger partial charge is 0.224 e. The third kappa shape index (κ3) is 4.80. The fraction of sp³-hybridized carbons (Fsp3) is 0.429. The van der Waals surface area contributed by atoms with Crippen LogP contribution in [0.5, 0.6) is 0 Å². The fourth-order valence-electron chi connectivity index (χ4n) is 5.65. The second kappa shape index (κ2) is 9.82. The van der Waals surface area contributed by atoms with Gasteiger partial charge in [0.25, 0.3) is 0 Å². The molecule has 3 aliphatic rings. The van der Waals surface area contributed by atoms with E-state index >= 15 is 0 Å². The van der Waals surface area contributed by atoms with Gasteiger partial charge in [-0.1, -0.05) is 55.2 Å². The van der Waals surface area contributed by atoms with Gasteiger partial charge in [-0.25, -0.2) is 0 Å². The topological polar surface area (TPSA) is 61.9 Å². The van der Waals surface area contributed by atoms with E-state index in [4.69, 9.17) is 27.9 Å². The molecule has 0 saturated carbocycles. The van der Waals surface area contributed by atoms with Crippen molar-refractivity contribution < 1.29 is 14.3 Å². The summed E-state index contributed by atoms with van der Waals surface area (Å²) in [7, 11) is 0. The molecule has 1 saturated heterocycles. The van der Waals surface area contributed by atoms with Crippen LogP contribution in [0.3, 0.4) is 0 Å². The number of nitrogens with zero attached hydrogens (tertiary/aromatic N) is 2. The van der Waals surface area contributed by atoms with E-state index in [9.17, 15) is 9.59 Å². The molecule has 36 heavy (non-hydrogen) atoms. The first-order chi connectivity index (χ1) is 17.1. The van der Waals surface area contributed by atoms with E-state index in [0.717, 1.165) is 35.7 Å². The minimum Gasteiger partial charge on any atom is -0.379 e. The minimum atomic E-state index is -0.662. The number of rotatable bonds is 3. The molecule has 190 valence electrons. The zero-order valence-corrected chi connectivity index (χ0v) is 22.4. The molecule has 0 radical (unpaired) electrons. The maximum Gasteiger partial charge on any atom is 0.224 e. The number of benzene rings is 2. The van der Waals surface area contributed by atoms with Crippen molar-refractivity contribution in [1.29, 1.82) is 0 Å². The molecule has 0 bridgehead atoms. The van der Waals surface area contributed by atoms with E-state index in [1.807, 2.05) is 18.2 Å². The lowest BCUT2D eigenvalue weighted by Crippen LogP contribution is -2.40. The summed E-state index contributed by atoms with van der Waals surface area (Å²) in [6.45, 7) is 9.44. The lowest BCUT2D eigenvalue weighted by atomic mass is 9.73. The van der Waals surface area contributed by atoms with Gasteiger partial charge in [-0.2, -0.15) is 0 Å². The maximum absolute atomic E-state index is 13.8. The third-order valence-electron chi connectivity index (χ3n) is 7.19. The number of halogens is 2. The number of amides is 1. The van der Waals surface area contributed by atoms with Gasteiger partial charge in [0.15, 0.2) is 5.78 Å². The van der Waals surface area contributed by atoms with Crippen molar-refractivity contribution in [2.45, 2.75) is 46.2 Å². The summed E-state index contributed by atoms with van der Waals surface area (Å²) in [6.07, 6.45) is 1.09. The van der Waals surface area contributed by atoms with Gasteiger partial charge >= 0.3 is 0 Å². The van der Waals surface area contributed by atoms with E-state index in [0.29, 0.717) is 53.8 Å². The number of hydrogen-bond acceptors (Lipinski definition) is 5. The monoisotopic (exact) mass is 527 g/mol. The first-order valence-electron chi connectivity index (χ1n) is 12.3. The van der Waals surface area contributed by atoms with Gasteiger partial charge in [-0.15, -0.1) is 0 Å². The lowest BCUT2D eigenvalue weighted by Gasteiger charge is -2.37. The van der Waals surface area contributed by atoms with Crippen LogP contribution in [0.1, 0.15) is 50.8 Å². The third-order valence-corrected chi connectivity index (χ3v) is 7.75. The Bertz CT molecular complexity index is 1250. The summed E-state index contributed by atoms with van der Waals surface area (Å²) in [5.41, 5.74) is 4.55. The Kier molecular flexibility index (Phi) is 6.90.